The largest absolute Gasteiger partial charge is 0.507 e. The van der Waals surface area contributed by atoms with Gasteiger partial charge in [-0.2, -0.15) is 0 Å². The molecule has 298 valence electrons. The van der Waals surface area contributed by atoms with E-state index < -0.39 is 26.9 Å². The fraction of sp³-hybridized carbons (Fsp3) is 0.269. The number of nitrogens with zero attached hydrogens (tertiary/aromatic N) is 2. The molecule has 0 saturated carbocycles. The van der Waals surface area contributed by atoms with E-state index in [9.17, 15) is 10.2 Å². The summed E-state index contributed by atoms with van der Waals surface area (Å²) in [5, 5.41) is 30.8. The van der Waals surface area contributed by atoms with E-state index in [1.807, 2.05) is 36.7 Å². The molecule has 0 saturated heterocycles. The average molecular weight is 805 g/mol. The Morgan fingerprint density at radius 1 is 0.397 bits per heavy atom. The number of hydrogen-bond acceptors (Lipinski definition) is 4. The lowest BCUT2D eigenvalue weighted by atomic mass is 9.83. The van der Waals surface area contributed by atoms with Crippen molar-refractivity contribution in [1.82, 2.24) is 0 Å². The van der Waals surface area contributed by atoms with Gasteiger partial charge in [-0.15, -0.1) is 0 Å². The van der Waals surface area contributed by atoms with Gasteiger partial charge < -0.3 is 10.2 Å². The first-order valence-electron chi connectivity index (χ1n) is 20.0. The van der Waals surface area contributed by atoms with Gasteiger partial charge >= 0.3 is 0 Å². The van der Waals surface area contributed by atoms with Crippen LogP contribution in [0.2, 0.25) is 0 Å². The van der Waals surface area contributed by atoms with Crippen molar-refractivity contribution in [2.45, 2.75) is 91.1 Å². The highest BCUT2D eigenvalue weighted by molar-refractivity contribution is 7.80. The summed E-state index contributed by atoms with van der Waals surface area (Å²) in [7, 11) is -2.10. The minimum absolute atomic E-state index is 0.164. The first-order chi connectivity index (χ1) is 27.4. The number of benzene rings is 6. The molecule has 58 heavy (non-hydrogen) atoms. The highest BCUT2D eigenvalue weighted by Crippen LogP contribution is 2.41. The molecule has 0 aliphatic heterocycles. The molecule has 6 rings (SSSR count). The van der Waals surface area contributed by atoms with Gasteiger partial charge in [0.2, 0.25) is 0 Å². The molecule has 0 radical (unpaired) electrons. The average Bonchev–Trinajstić information content (AvgIpc) is 3.19. The van der Waals surface area contributed by atoms with Crippen molar-refractivity contribution < 1.29 is 10.2 Å². The van der Waals surface area contributed by atoms with Crippen LogP contribution in [0.3, 0.4) is 0 Å². The van der Waals surface area contributed by atoms with Crippen LogP contribution in [0.1, 0.15) is 91.5 Å². The number of aliphatic imine (C=N–C) groups is 2. The molecule has 6 aromatic carbocycles. The lowest BCUT2D eigenvalue weighted by Crippen LogP contribution is -2.42. The quantitative estimate of drug-likeness (QED) is 0.101. The van der Waals surface area contributed by atoms with E-state index in [1.165, 1.54) is 21.2 Å². The van der Waals surface area contributed by atoms with Gasteiger partial charge in [0, 0.05) is 34.2 Å². The van der Waals surface area contributed by atoms with Crippen molar-refractivity contribution in [3.05, 3.63) is 168 Å². The lowest BCUT2D eigenvalue weighted by molar-refractivity contribution is 0.317. The predicted molar refractivity (Wildman–Crippen MR) is 254 cm³/mol. The van der Waals surface area contributed by atoms with Crippen LogP contribution in [0.4, 0.5) is 0 Å². The molecule has 2 N–H and O–H groups in total. The summed E-state index contributed by atoms with van der Waals surface area (Å²) < 4.78 is 0. The molecular formula is C52H58N2O2P2. The Kier molecular flexibility index (Phi) is 12.6. The molecule has 0 heterocycles. The van der Waals surface area contributed by atoms with E-state index >= 15 is 0 Å². The van der Waals surface area contributed by atoms with Gasteiger partial charge in [0.15, 0.2) is 0 Å². The SMILES string of the molecule is CC(C)(C)c1cc(C=NC(C)(C)C(C)(C)N=Cc2cc(C(C)(C)C)cc(P(c3ccccc3)c3ccccc3)c2O)c(O)c(P(c2ccccc2)c2ccccc2)c1. The van der Waals surface area contributed by atoms with Gasteiger partial charge in [-0.05, 0) is 111 Å². The van der Waals surface area contributed by atoms with Crippen LogP contribution < -0.4 is 31.8 Å². The zero-order chi connectivity index (χ0) is 41.9. The van der Waals surface area contributed by atoms with E-state index in [1.54, 1.807) is 0 Å². The maximum Gasteiger partial charge on any atom is 0.132 e. The Bertz CT molecular complexity index is 2130. The molecule has 0 spiro atoms. The van der Waals surface area contributed by atoms with Crippen LogP contribution in [0.15, 0.2) is 156 Å². The smallest absolute Gasteiger partial charge is 0.132 e. The van der Waals surface area contributed by atoms with Crippen molar-refractivity contribution in [3.63, 3.8) is 0 Å². The monoisotopic (exact) mass is 804 g/mol. The second-order valence-corrected chi connectivity index (χ2v) is 22.4. The van der Waals surface area contributed by atoms with Crippen LogP contribution in [0.5, 0.6) is 11.5 Å². The molecule has 0 unspecified atom stereocenters. The second-order valence-electron chi connectivity index (χ2n) is 18.0. The van der Waals surface area contributed by atoms with E-state index in [2.05, 4.69) is 191 Å². The summed E-state index contributed by atoms with van der Waals surface area (Å²) in [4.78, 5) is 10.4. The van der Waals surface area contributed by atoms with Gasteiger partial charge in [0.1, 0.15) is 11.5 Å². The maximum atomic E-state index is 12.2. The van der Waals surface area contributed by atoms with Gasteiger partial charge in [-0.3, -0.25) is 9.98 Å². The Morgan fingerprint density at radius 3 is 0.897 bits per heavy atom. The van der Waals surface area contributed by atoms with E-state index in [0.29, 0.717) is 11.1 Å². The van der Waals surface area contributed by atoms with Crippen LogP contribution in [-0.2, 0) is 10.8 Å². The molecule has 0 fully saturated rings. The molecule has 6 aromatic rings. The fourth-order valence-electron chi connectivity index (χ4n) is 6.63. The van der Waals surface area contributed by atoms with Crippen LogP contribution in [-0.4, -0.2) is 33.7 Å². The third-order valence-electron chi connectivity index (χ3n) is 11.1. The third kappa shape index (κ3) is 9.52. The zero-order valence-corrected chi connectivity index (χ0v) is 37.5. The van der Waals surface area contributed by atoms with Gasteiger partial charge in [0.05, 0.1) is 11.1 Å². The van der Waals surface area contributed by atoms with E-state index in [-0.39, 0.29) is 22.3 Å². The summed E-state index contributed by atoms with van der Waals surface area (Å²) in [6.45, 7) is 21.5. The minimum Gasteiger partial charge on any atom is -0.507 e. The first-order valence-corrected chi connectivity index (χ1v) is 22.7. The summed E-state index contributed by atoms with van der Waals surface area (Å²) in [6.07, 6.45) is 3.66. The van der Waals surface area contributed by atoms with E-state index in [4.69, 9.17) is 9.98 Å². The molecule has 4 nitrogen and oxygen atoms in total. The highest BCUT2D eigenvalue weighted by Gasteiger charge is 2.36. The maximum absolute atomic E-state index is 12.2. The molecular weight excluding hydrogens is 747 g/mol. The highest BCUT2D eigenvalue weighted by atomic mass is 31.1. The van der Waals surface area contributed by atoms with Crippen LogP contribution in [0, 0.1) is 0 Å². The van der Waals surface area contributed by atoms with Gasteiger partial charge in [-0.25, -0.2) is 0 Å². The van der Waals surface area contributed by atoms with Crippen LogP contribution >= 0.6 is 15.8 Å². The predicted octanol–water partition coefficient (Wildman–Crippen LogP) is 10.3. The minimum atomic E-state index is -1.05. The van der Waals surface area contributed by atoms with Crippen molar-refractivity contribution in [2.75, 3.05) is 0 Å². The zero-order valence-electron chi connectivity index (χ0n) is 35.7. The van der Waals surface area contributed by atoms with Crippen molar-refractivity contribution in [1.29, 1.82) is 0 Å². The number of phenols is 2. The van der Waals surface area contributed by atoms with Gasteiger partial charge in [0.25, 0.3) is 0 Å². The molecule has 0 aliphatic rings. The Balaban J connectivity index is 1.41. The van der Waals surface area contributed by atoms with Crippen molar-refractivity contribution >= 4 is 60.1 Å². The lowest BCUT2D eigenvalue weighted by Gasteiger charge is -2.35. The van der Waals surface area contributed by atoms with Crippen molar-refractivity contribution in [2.24, 2.45) is 9.98 Å². The molecule has 0 bridgehead atoms. The normalized spacial score (nSPS) is 13.0. The summed E-state index contributed by atoms with van der Waals surface area (Å²) >= 11 is 0. The van der Waals surface area contributed by atoms with Crippen LogP contribution in [0.25, 0.3) is 0 Å². The Morgan fingerprint density at radius 2 is 0.655 bits per heavy atom. The van der Waals surface area contributed by atoms with Crippen molar-refractivity contribution in [3.8, 4) is 11.5 Å². The van der Waals surface area contributed by atoms with Gasteiger partial charge in [-0.1, -0.05) is 163 Å². The third-order valence-corrected chi connectivity index (χ3v) is 16.0. The molecule has 6 heteroatoms. The fourth-order valence-corrected chi connectivity index (χ4v) is 11.4. The molecule has 0 aliphatic carbocycles. The topological polar surface area (TPSA) is 65.2 Å². The number of aromatic hydroxyl groups is 2. The standard InChI is InChI=1S/C52H58N2O2P2/c1-49(2,3)39-31-37(47(55)45(33-39)57(41-23-15-11-16-24-41)42-25-17-12-18-26-42)35-53-51(7,8)52(9,10)54-36-38-32-40(50(4,5)6)34-46(48(38)56)58(43-27-19-13-20-28-43)44-29-21-14-22-30-44/h11-36,55-56H,1-10H3. The molecule has 0 amide bonds. The molecule has 0 atom stereocenters. The number of phenolic OH excluding ortho intramolecular Hbond substituents is 2. The second kappa shape index (κ2) is 17.1. The Labute approximate surface area is 349 Å². The number of hydrogen-bond donors (Lipinski definition) is 2. The summed E-state index contributed by atoms with van der Waals surface area (Å²) in [6, 6.07) is 50.4. The first kappa shape index (κ1) is 42.7. The molecule has 0 aromatic heterocycles. The number of rotatable bonds is 11. The summed E-state index contributed by atoms with van der Waals surface area (Å²) in [5.74, 6) is 0.495. The van der Waals surface area contributed by atoms with E-state index in [0.717, 1.165) is 21.7 Å². The Hall–Kier alpha value is -4.88. The summed E-state index contributed by atoms with van der Waals surface area (Å²) in [5.41, 5.74) is 1.91.